The van der Waals surface area contributed by atoms with Crippen molar-refractivity contribution >= 4 is 39.7 Å². The molecule has 0 atom stereocenters. The second-order valence-electron chi connectivity index (χ2n) is 4.79. The van der Waals surface area contributed by atoms with Gasteiger partial charge >= 0.3 is 0 Å². The van der Waals surface area contributed by atoms with Crippen molar-refractivity contribution in [1.29, 1.82) is 0 Å². The molecule has 0 saturated heterocycles. The van der Waals surface area contributed by atoms with E-state index >= 15 is 0 Å². The number of ether oxygens (including phenoxy) is 2. The normalized spacial score (nSPS) is 10.7. The number of benzene rings is 2. The van der Waals surface area contributed by atoms with Crippen LogP contribution >= 0.6 is 27.5 Å². The molecule has 5 nitrogen and oxygen atoms in total. The standard InChI is InChI=1S/C17H16BrClN2O3/c1-23-14-7-8-15(24-2)17(18)13(14)10-20-21-16(22)9-11-3-5-12(19)6-4-11/h3-8,10H,9H2,1-2H3,(H,21,22). The largest absolute Gasteiger partial charge is 0.496 e. The van der Waals surface area contributed by atoms with Crippen LogP contribution in [0.25, 0.3) is 0 Å². The Morgan fingerprint density at radius 1 is 1.17 bits per heavy atom. The molecule has 2 rings (SSSR count). The smallest absolute Gasteiger partial charge is 0.244 e. The van der Waals surface area contributed by atoms with Crippen molar-refractivity contribution in [2.45, 2.75) is 6.42 Å². The van der Waals surface area contributed by atoms with Gasteiger partial charge in [-0.25, -0.2) is 5.43 Å². The highest BCUT2D eigenvalue weighted by molar-refractivity contribution is 9.10. The summed E-state index contributed by atoms with van der Waals surface area (Å²) in [6.45, 7) is 0. The lowest BCUT2D eigenvalue weighted by atomic mass is 10.1. The van der Waals surface area contributed by atoms with Crippen molar-refractivity contribution in [3.8, 4) is 11.5 Å². The number of amides is 1. The van der Waals surface area contributed by atoms with Crippen molar-refractivity contribution in [1.82, 2.24) is 5.43 Å². The van der Waals surface area contributed by atoms with Crippen molar-refractivity contribution in [2.75, 3.05) is 14.2 Å². The van der Waals surface area contributed by atoms with Crippen molar-refractivity contribution < 1.29 is 14.3 Å². The summed E-state index contributed by atoms with van der Waals surface area (Å²) >= 11 is 9.26. The number of hydrogen-bond donors (Lipinski definition) is 1. The fourth-order valence-corrected chi connectivity index (χ4v) is 2.72. The molecule has 7 heteroatoms. The van der Waals surface area contributed by atoms with E-state index in [0.717, 1.165) is 5.56 Å². The summed E-state index contributed by atoms with van der Waals surface area (Å²) in [5.41, 5.74) is 4.01. The summed E-state index contributed by atoms with van der Waals surface area (Å²) in [7, 11) is 3.13. The number of rotatable bonds is 6. The van der Waals surface area contributed by atoms with Gasteiger partial charge in [0.15, 0.2) is 0 Å². The van der Waals surface area contributed by atoms with Crippen LogP contribution in [0.1, 0.15) is 11.1 Å². The van der Waals surface area contributed by atoms with Crippen LogP contribution in [0.2, 0.25) is 5.02 Å². The molecule has 0 saturated carbocycles. The Morgan fingerprint density at radius 3 is 2.42 bits per heavy atom. The number of nitrogens with zero attached hydrogens (tertiary/aromatic N) is 1. The summed E-state index contributed by atoms with van der Waals surface area (Å²) in [5.74, 6) is 1.02. The molecule has 0 spiro atoms. The molecule has 0 aliphatic rings. The Kier molecular flexibility index (Phi) is 6.63. The third-order valence-electron chi connectivity index (χ3n) is 3.21. The molecule has 0 heterocycles. The van der Waals surface area contributed by atoms with E-state index in [1.165, 1.54) is 6.21 Å². The minimum atomic E-state index is -0.230. The van der Waals surface area contributed by atoms with Gasteiger partial charge in [-0.05, 0) is 45.8 Å². The molecular formula is C17H16BrClN2O3. The summed E-state index contributed by atoms with van der Waals surface area (Å²) in [4.78, 5) is 11.9. The third-order valence-corrected chi connectivity index (χ3v) is 4.27. The van der Waals surface area contributed by atoms with Gasteiger partial charge in [0.05, 0.1) is 36.9 Å². The van der Waals surface area contributed by atoms with Gasteiger partial charge in [-0.2, -0.15) is 5.10 Å². The highest BCUT2D eigenvalue weighted by Crippen LogP contribution is 2.33. The van der Waals surface area contributed by atoms with Gasteiger partial charge in [0.2, 0.25) is 5.91 Å². The van der Waals surface area contributed by atoms with Crippen LogP contribution in [-0.4, -0.2) is 26.3 Å². The number of carbonyl (C=O) groups excluding carboxylic acids is 1. The summed E-state index contributed by atoms with van der Waals surface area (Å²) < 4.78 is 11.2. The lowest BCUT2D eigenvalue weighted by Crippen LogP contribution is -2.19. The summed E-state index contributed by atoms with van der Waals surface area (Å²) in [5, 5.41) is 4.62. The quantitative estimate of drug-likeness (QED) is 0.581. The lowest BCUT2D eigenvalue weighted by Gasteiger charge is -2.10. The maximum Gasteiger partial charge on any atom is 0.244 e. The molecule has 2 aromatic carbocycles. The van der Waals surface area contributed by atoms with Crippen LogP contribution in [0.5, 0.6) is 11.5 Å². The summed E-state index contributed by atoms with van der Waals surface area (Å²) in [6.07, 6.45) is 1.72. The van der Waals surface area contributed by atoms with E-state index in [0.29, 0.717) is 26.6 Å². The first-order chi connectivity index (χ1) is 11.5. The fourth-order valence-electron chi connectivity index (χ4n) is 2.01. The number of nitrogens with one attached hydrogen (secondary N) is 1. The van der Waals surface area contributed by atoms with Crippen LogP contribution in [0.15, 0.2) is 46.0 Å². The maximum absolute atomic E-state index is 11.9. The van der Waals surface area contributed by atoms with Gasteiger partial charge < -0.3 is 9.47 Å². The Balaban J connectivity index is 2.05. The zero-order valence-corrected chi connectivity index (χ0v) is 15.5. The first kappa shape index (κ1) is 18.3. The second kappa shape index (κ2) is 8.70. The Morgan fingerprint density at radius 2 is 1.79 bits per heavy atom. The van der Waals surface area contributed by atoms with Crippen LogP contribution < -0.4 is 14.9 Å². The van der Waals surface area contributed by atoms with Gasteiger partial charge in [0.1, 0.15) is 11.5 Å². The van der Waals surface area contributed by atoms with Gasteiger partial charge in [-0.3, -0.25) is 4.79 Å². The molecule has 0 radical (unpaired) electrons. The zero-order valence-electron chi connectivity index (χ0n) is 13.2. The van der Waals surface area contributed by atoms with Crippen LogP contribution in [0.3, 0.4) is 0 Å². The first-order valence-electron chi connectivity index (χ1n) is 7.02. The van der Waals surface area contributed by atoms with Crippen LogP contribution in [-0.2, 0) is 11.2 Å². The van der Waals surface area contributed by atoms with E-state index in [9.17, 15) is 4.79 Å². The van der Waals surface area contributed by atoms with Gasteiger partial charge in [-0.15, -0.1) is 0 Å². The van der Waals surface area contributed by atoms with E-state index in [-0.39, 0.29) is 12.3 Å². The number of methoxy groups -OCH3 is 2. The van der Waals surface area contributed by atoms with Crippen molar-refractivity contribution in [3.05, 3.63) is 57.0 Å². The topological polar surface area (TPSA) is 59.9 Å². The van der Waals surface area contributed by atoms with Crippen molar-refractivity contribution in [3.63, 3.8) is 0 Å². The Bertz CT molecular complexity index is 748. The third kappa shape index (κ3) is 4.72. The fraction of sp³-hybridized carbons (Fsp3) is 0.176. The zero-order chi connectivity index (χ0) is 17.5. The average molecular weight is 412 g/mol. The number of hydrazone groups is 1. The van der Waals surface area contributed by atoms with E-state index in [1.54, 1.807) is 50.6 Å². The molecule has 1 amide bonds. The monoisotopic (exact) mass is 410 g/mol. The second-order valence-corrected chi connectivity index (χ2v) is 6.02. The van der Waals surface area contributed by atoms with Gasteiger partial charge in [0.25, 0.3) is 0 Å². The number of hydrogen-bond acceptors (Lipinski definition) is 4. The number of halogens is 2. The molecule has 24 heavy (non-hydrogen) atoms. The van der Waals surface area contributed by atoms with E-state index in [1.807, 2.05) is 0 Å². The number of carbonyl (C=O) groups is 1. The molecule has 0 fully saturated rings. The first-order valence-corrected chi connectivity index (χ1v) is 8.19. The SMILES string of the molecule is COc1ccc(OC)c(C=NNC(=O)Cc2ccc(Cl)cc2)c1Br. The molecular weight excluding hydrogens is 396 g/mol. The predicted molar refractivity (Wildman–Crippen MR) is 98.1 cm³/mol. The minimum absolute atomic E-state index is 0.213. The molecule has 0 aliphatic carbocycles. The van der Waals surface area contributed by atoms with Crippen molar-refractivity contribution in [2.24, 2.45) is 5.10 Å². The molecule has 0 aromatic heterocycles. The molecule has 0 bridgehead atoms. The molecule has 1 N–H and O–H groups in total. The highest BCUT2D eigenvalue weighted by atomic mass is 79.9. The van der Waals surface area contributed by atoms with E-state index in [2.05, 4.69) is 26.5 Å². The highest BCUT2D eigenvalue weighted by Gasteiger charge is 2.11. The average Bonchev–Trinajstić information content (AvgIpc) is 2.58. The lowest BCUT2D eigenvalue weighted by molar-refractivity contribution is -0.120. The van der Waals surface area contributed by atoms with Gasteiger partial charge in [-0.1, -0.05) is 23.7 Å². The van der Waals surface area contributed by atoms with Gasteiger partial charge in [0, 0.05) is 5.02 Å². The Hall–Kier alpha value is -2.05. The minimum Gasteiger partial charge on any atom is -0.496 e. The summed E-state index contributed by atoms with van der Waals surface area (Å²) in [6, 6.07) is 10.6. The van der Waals surface area contributed by atoms with Crippen LogP contribution in [0, 0.1) is 0 Å². The molecule has 126 valence electrons. The maximum atomic E-state index is 11.9. The van der Waals surface area contributed by atoms with E-state index < -0.39 is 0 Å². The predicted octanol–water partition coefficient (Wildman–Crippen LogP) is 3.81. The Labute approximate surface area is 153 Å². The van der Waals surface area contributed by atoms with E-state index in [4.69, 9.17) is 21.1 Å². The van der Waals surface area contributed by atoms with Crippen LogP contribution in [0.4, 0.5) is 0 Å². The molecule has 0 aliphatic heterocycles. The molecule has 2 aromatic rings. The molecule has 0 unspecified atom stereocenters.